The van der Waals surface area contributed by atoms with Crippen LogP contribution in [0.2, 0.25) is 0 Å². The van der Waals surface area contributed by atoms with Gasteiger partial charge in [-0.15, -0.1) is 0 Å². The third-order valence-corrected chi connectivity index (χ3v) is 3.44. The van der Waals surface area contributed by atoms with Gasteiger partial charge >= 0.3 is 0 Å². The number of hydrogen-bond acceptors (Lipinski definition) is 5. The summed E-state index contributed by atoms with van der Waals surface area (Å²) in [5, 5.41) is 3.27. The molecule has 23 heavy (non-hydrogen) atoms. The van der Waals surface area contributed by atoms with E-state index in [-0.39, 0.29) is 17.5 Å². The molecule has 0 saturated heterocycles. The van der Waals surface area contributed by atoms with Gasteiger partial charge in [-0.3, -0.25) is 9.59 Å². The molecule has 0 aromatic rings. The zero-order valence-corrected chi connectivity index (χ0v) is 15.4. The molecular formula is C18H35NO4. The van der Waals surface area contributed by atoms with E-state index in [0.29, 0.717) is 58.2 Å². The number of hydrogen-bond donors (Lipinski definition) is 1. The van der Waals surface area contributed by atoms with Crippen molar-refractivity contribution in [3.05, 3.63) is 0 Å². The Morgan fingerprint density at radius 2 is 1.43 bits per heavy atom. The van der Waals surface area contributed by atoms with Gasteiger partial charge in [0.2, 0.25) is 0 Å². The summed E-state index contributed by atoms with van der Waals surface area (Å²) in [4.78, 5) is 23.1. The lowest BCUT2D eigenvalue weighted by Crippen LogP contribution is -2.27. The van der Waals surface area contributed by atoms with Gasteiger partial charge in [-0.25, -0.2) is 0 Å². The third kappa shape index (κ3) is 15.9. The Morgan fingerprint density at radius 3 is 2.04 bits per heavy atom. The van der Waals surface area contributed by atoms with Crippen LogP contribution in [0.3, 0.4) is 0 Å². The maximum atomic E-state index is 11.7. The largest absolute Gasteiger partial charge is 0.379 e. The fourth-order valence-corrected chi connectivity index (χ4v) is 1.99. The molecule has 0 aromatic heterocycles. The average Bonchev–Trinajstić information content (AvgIpc) is 2.48. The maximum absolute atomic E-state index is 11.7. The highest BCUT2D eigenvalue weighted by Gasteiger charge is 2.08. The standard InChI is InChI=1S/C18H35NO4/c1-15(2)18(21)9-5-7-17(20)8-6-11-22-13-14-23-12-10-19-16(3)4/h15-16,19H,5-14H2,1-4H3. The average molecular weight is 329 g/mol. The molecule has 0 fully saturated rings. The molecule has 0 heterocycles. The summed E-state index contributed by atoms with van der Waals surface area (Å²) < 4.78 is 10.9. The molecule has 0 amide bonds. The summed E-state index contributed by atoms with van der Waals surface area (Å²) in [5.74, 6) is 0.535. The number of Topliss-reactive ketones (excluding diaryl/α,β-unsaturated/α-hetero) is 2. The van der Waals surface area contributed by atoms with Crippen LogP contribution in [0.4, 0.5) is 0 Å². The molecule has 0 bridgehead atoms. The highest BCUT2D eigenvalue weighted by Crippen LogP contribution is 2.06. The second-order valence-corrected chi connectivity index (χ2v) is 6.45. The van der Waals surface area contributed by atoms with Crippen LogP contribution >= 0.6 is 0 Å². The minimum atomic E-state index is 0.0712. The minimum Gasteiger partial charge on any atom is -0.379 e. The van der Waals surface area contributed by atoms with Gasteiger partial charge in [-0.05, 0) is 12.8 Å². The molecule has 0 spiro atoms. The number of ether oxygens (including phenoxy) is 2. The summed E-state index contributed by atoms with van der Waals surface area (Å²) in [5.41, 5.74) is 0. The normalized spacial score (nSPS) is 11.4. The van der Waals surface area contributed by atoms with Gasteiger partial charge in [0.15, 0.2) is 0 Å². The van der Waals surface area contributed by atoms with Crippen LogP contribution in [0, 0.1) is 5.92 Å². The van der Waals surface area contributed by atoms with Crippen molar-refractivity contribution in [1.82, 2.24) is 5.32 Å². The fraction of sp³-hybridized carbons (Fsp3) is 0.889. The smallest absolute Gasteiger partial charge is 0.135 e. The van der Waals surface area contributed by atoms with E-state index in [2.05, 4.69) is 19.2 Å². The quantitative estimate of drug-likeness (QED) is 0.441. The number of carbonyl (C=O) groups is 2. The Kier molecular flexibility index (Phi) is 14.3. The maximum Gasteiger partial charge on any atom is 0.135 e. The highest BCUT2D eigenvalue weighted by molar-refractivity contribution is 5.82. The van der Waals surface area contributed by atoms with Gasteiger partial charge in [0.05, 0.1) is 19.8 Å². The lowest BCUT2D eigenvalue weighted by atomic mass is 10.0. The zero-order chi connectivity index (χ0) is 17.5. The molecule has 0 aliphatic carbocycles. The van der Waals surface area contributed by atoms with Gasteiger partial charge < -0.3 is 14.8 Å². The number of ketones is 2. The Bertz CT molecular complexity index is 316. The van der Waals surface area contributed by atoms with Crippen LogP contribution in [0.1, 0.15) is 59.8 Å². The van der Waals surface area contributed by atoms with E-state index in [0.717, 1.165) is 13.0 Å². The van der Waals surface area contributed by atoms with Gasteiger partial charge in [-0.2, -0.15) is 0 Å². The van der Waals surface area contributed by atoms with Crippen molar-refractivity contribution in [2.24, 2.45) is 5.92 Å². The first-order chi connectivity index (χ1) is 10.9. The molecule has 0 radical (unpaired) electrons. The second kappa shape index (κ2) is 14.8. The van der Waals surface area contributed by atoms with E-state index < -0.39 is 0 Å². The van der Waals surface area contributed by atoms with Crippen molar-refractivity contribution in [2.45, 2.75) is 65.8 Å². The Labute approximate surface area is 141 Å². The topological polar surface area (TPSA) is 64.6 Å². The van der Waals surface area contributed by atoms with Gasteiger partial charge in [0.1, 0.15) is 11.6 Å². The molecule has 0 rings (SSSR count). The number of carbonyl (C=O) groups excluding carboxylic acids is 2. The molecule has 0 atom stereocenters. The Hall–Kier alpha value is -0.780. The molecule has 5 heteroatoms. The summed E-state index contributed by atoms with van der Waals surface area (Å²) in [6.07, 6.45) is 2.98. The third-order valence-electron chi connectivity index (χ3n) is 3.44. The molecule has 136 valence electrons. The van der Waals surface area contributed by atoms with Gasteiger partial charge in [0, 0.05) is 44.4 Å². The Balaban J connectivity index is 3.28. The highest BCUT2D eigenvalue weighted by atomic mass is 16.5. The van der Waals surface area contributed by atoms with Crippen LogP contribution in [-0.4, -0.2) is 50.6 Å². The second-order valence-electron chi connectivity index (χ2n) is 6.45. The van der Waals surface area contributed by atoms with Gasteiger partial charge in [-0.1, -0.05) is 27.7 Å². The van der Waals surface area contributed by atoms with Crippen LogP contribution in [0.25, 0.3) is 0 Å². The van der Waals surface area contributed by atoms with Crippen LogP contribution in [-0.2, 0) is 19.1 Å². The molecule has 0 aromatic carbocycles. The minimum absolute atomic E-state index is 0.0712. The van der Waals surface area contributed by atoms with Crippen LogP contribution in [0.15, 0.2) is 0 Å². The molecule has 5 nitrogen and oxygen atoms in total. The monoisotopic (exact) mass is 329 g/mol. The number of rotatable bonds is 16. The molecule has 0 aliphatic heterocycles. The lowest BCUT2D eigenvalue weighted by Gasteiger charge is -2.09. The first-order valence-electron chi connectivity index (χ1n) is 8.86. The lowest BCUT2D eigenvalue weighted by molar-refractivity contribution is -0.122. The van der Waals surface area contributed by atoms with Crippen LogP contribution in [0.5, 0.6) is 0 Å². The number of nitrogens with one attached hydrogen (secondary N) is 1. The van der Waals surface area contributed by atoms with E-state index in [4.69, 9.17) is 9.47 Å². The molecule has 1 N–H and O–H groups in total. The zero-order valence-electron chi connectivity index (χ0n) is 15.4. The summed E-state index contributed by atoms with van der Waals surface area (Å²) in [6.45, 7) is 11.3. The molecule has 0 aliphatic rings. The van der Waals surface area contributed by atoms with E-state index >= 15 is 0 Å². The van der Waals surface area contributed by atoms with E-state index in [1.807, 2.05) is 13.8 Å². The Morgan fingerprint density at radius 1 is 0.826 bits per heavy atom. The SMILES string of the molecule is CC(C)NCCOCCOCCCC(=O)CCCC(=O)C(C)C. The summed E-state index contributed by atoms with van der Waals surface area (Å²) in [6, 6.07) is 0.482. The molecule has 0 saturated carbocycles. The predicted octanol–water partition coefficient (Wildman–Crippen LogP) is 2.76. The van der Waals surface area contributed by atoms with E-state index in [1.54, 1.807) is 0 Å². The van der Waals surface area contributed by atoms with Crippen molar-refractivity contribution in [3.8, 4) is 0 Å². The molecular weight excluding hydrogens is 294 g/mol. The van der Waals surface area contributed by atoms with Crippen molar-refractivity contribution < 1.29 is 19.1 Å². The van der Waals surface area contributed by atoms with Crippen molar-refractivity contribution in [1.29, 1.82) is 0 Å². The van der Waals surface area contributed by atoms with Crippen molar-refractivity contribution in [3.63, 3.8) is 0 Å². The van der Waals surface area contributed by atoms with E-state index in [9.17, 15) is 9.59 Å². The summed E-state index contributed by atoms with van der Waals surface area (Å²) >= 11 is 0. The van der Waals surface area contributed by atoms with E-state index in [1.165, 1.54) is 0 Å². The fourth-order valence-electron chi connectivity index (χ4n) is 1.99. The van der Waals surface area contributed by atoms with Gasteiger partial charge in [0.25, 0.3) is 0 Å². The van der Waals surface area contributed by atoms with Crippen LogP contribution < -0.4 is 5.32 Å². The summed E-state index contributed by atoms with van der Waals surface area (Å²) in [7, 11) is 0. The van der Waals surface area contributed by atoms with Crippen molar-refractivity contribution >= 4 is 11.6 Å². The van der Waals surface area contributed by atoms with Crippen molar-refractivity contribution in [2.75, 3.05) is 33.0 Å². The predicted molar refractivity (Wildman–Crippen MR) is 92.7 cm³/mol. The first kappa shape index (κ1) is 22.2. The molecule has 0 unspecified atom stereocenters. The first-order valence-corrected chi connectivity index (χ1v) is 8.86.